The Bertz CT molecular complexity index is 528. The number of hydrogen-bond donors (Lipinski definition) is 1. The molecule has 1 saturated heterocycles. The lowest BCUT2D eigenvalue weighted by atomic mass is 10.0. The minimum atomic E-state index is -3.38. The zero-order chi connectivity index (χ0) is 13.9. The molecule has 5 heteroatoms. The van der Waals surface area contributed by atoms with Crippen LogP contribution in [0.25, 0.3) is 0 Å². The molecule has 0 spiro atoms. The molecule has 0 radical (unpaired) electrons. The van der Waals surface area contributed by atoms with Gasteiger partial charge in [0.2, 0.25) is 10.0 Å². The fourth-order valence-corrected chi connectivity index (χ4v) is 4.21. The van der Waals surface area contributed by atoms with E-state index in [4.69, 9.17) is 0 Å². The summed E-state index contributed by atoms with van der Waals surface area (Å²) in [6.07, 6.45) is 3.00. The second-order valence-electron chi connectivity index (χ2n) is 5.19. The minimum Gasteiger partial charge on any atom is -0.387 e. The van der Waals surface area contributed by atoms with E-state index in [0.29, 0.717) is 29.6 Å². The van der Waals surface area contributed by atoms with Gasteiger partial charge in [0.05, 0.1) is 5.69 Å². The van der Waals surface area contributed by atoms with Gasteiger partial charge in [0.15, 0.2) is 0 Å². The first kappa shape index (κ1) is 14.3. The van der Waals surface area contributed by atoms with Gasteiger partial charge in [-0.1, -0.05) is 19.1 Å². The van der Waals surface area contributed by atoms with Gasteiger partial charge in [0, 0.05) is 20.1 Å². The lowest BCUT2D eigenvalue weighted by molar-refractivity contribution is 0.417. The highest BCUT2D eigenvalue weighted by Crippen LogP contribution is 2.27. The Kier molecular flexibility index (Phi) is 4.47. The topological polar surface area (TPSA) is 49.4 Å². The molecule has 1 unspecified atom stereocenters. The minimum absolute atomic E-state index is 0.382. The fraction of sp³-hybridized carbons (Fsp3) is 0.571. The number of rotatable bonds is 3. The number of nitrogens with zero attached hydrogens (tertiary/aromatic N) is 1. The second kappa shape index (κ2) is 5.92. The monoisotopic (exact) mass is 282 g/mol. The lowest BCUT2D eigenvalue weighted by Crippen LogP contribution is -2.32. The van der Waals surface area contributed by atoms with Crippen LogP contribution in [-0.2, 0) is 10.0 Å². The molecule has 19 heavy (non-hydrogen) atoms. The van der Waals surface area contributed by atoms with Crippen LogP contribution in [0.4, 0.5) is 5.69 Å². The molecule has 1 aliphatic rings. The van der Waals surface area contributed by atoms with Crippen LogP contribution in [-0.4, -0.2) is 32.9 Å². The number of anilines is 1. The Balaban J connectivity index is 2.31. The molecule has 1 atom stereocenters. The van der Waals surface area contributed by atoms with Crippen LogP contribution < -0.4 is 5.32 Å². The average molecular weight is 282 g/mol. The van der Waals surface area contributed by atoms with Crippen LogP contribution in [0.2, 0.25) is 0 Å². The number of sulfonamides is 1. The van der Waals surface area contributed by atoms with Crippen molar-refractivity contribution in [2.75, 3.05) is 25.5 Å². The van der Waals surface area contributed by atoms with Crippen molar-refractivity contribution in [3.63, 3.8) is 0 Å². The van der Waals surface area contributed by atoms with Crippen molar-refractivity contribution in [2.45, 2.75) is 31.1 Å². The van der Waals surface area contributed by atoms with Crippen molar-refractivity contribution in [3.05, 3.63) is 24.3 Å². The van der Waals surface area contributed by atoms with Crippen LogP contribution in [0, 0.1) is 5.92 Å². The number of benzene rings is 1. The smallest absolute Gasteiger partial charge is 0.245 e. The normalized spacial score (nSPS) is 21.9. The van der Waals surface area contributed by atoms with E-state index in [1.807, 2.05) is 6.07 Å². The first-order valence-electron chi connectivity index (χ1n) is 6.82. The maximum Gasteiger partial charge on any atom is 0.245 e. The fourth-order valence-electron chi connectivity index (χ4n) is 2.51. The summed E-state index contributed by atoms with van der Waals surface area (Å²) in [6, 6.07) is 7.09. The van der Waals surface area contributed by atoms with Crippen molar-refractivity contribution in [2.24, 2.45) is 5.92 Å². The van der Waals surface area contributed by atoms with Gasteiger partial charge >= 0.3 is 0 Å². The van der Waals surface area contributed by atoms with Gasteiger partial charge in [-0.3, -0.25) is 0 Å². The molecule has 0 saturated carbocycles. The highest BCUT2D eigenvalue weighted by molar-refractivity contribution is 7.89. The molecule has 106 valence electrons. The molecule has 0 aromatic heterocycles. The molecular formula is C14H22N2O2S. The van der Waals surface area contributed by atoms with Crippen LogP contribution in [0.15, 0.2) is 29.2 Å². The molecule has 0 aliphatic carbocycles. The third-order valence-corrected chi connectivity index (χ3v) is 5.71. The van der Waals surface area contributed by atoms with Gasteiger partial charge in [-0.15, -0.1) is 0 Å². The second-order valence-corrected chi connectivity index (χ2v) is 7.09. The molecule has 1 fully saturated rings. The van der Waals surface area contributed by atoms with Gasteiger partial charge in [0.1, 0.15) is 4.90 Å². The molecule has 1 aromatic rings. The SMILES string of the molecule is CNc1ccccc1S(=O)(=O)N1CCCC(C)CC1. The Morgan fingerprint density at radius 3 is 2.68 bits per heavy atom. The van der Waals surface area contributed by atoms with Gasteiger partial charge in [-0.2, -0.15) is 4.31 Å². The molecule has 1 aliphatic heterocycles. The first-order chi connectivity index (χ1) is 9.05. The number of nitrogens with one attached hydrogen (secondary N) is 1. The third-order valence-electron chi connectivity index (χ3n) is 3.75. The Labute approximate surface area is 115 Å². The van der Waals surface area contributed by atoms with Crippen molar-refractivity contribution in [3.8, 4) is 0 Å². The molecule has 2 rings (SSSR count). The van der Waals surface area contributed by atoms with E-state index in [9.17, 15) is 8.42 Å². The molecule has 1 N–H and O–H groups in total. The van der Waals surface area contributed by atoms with Gasteiger partial charge in [-0.05, 0) is 37.3 Å². The van der Waals surface area contributed by atoms with Gasteiger partial charge < -0.3 is 5.32 Å². The van der Waals surface area contributed by atoms with E-state index in [0.717, 1.165) is 19.3 Å². The van der Waals surface area contributed by atoms with E-state index >= 15 is 0 Å². The molecule has 4 nitrogen and oxygen atoms in total. The zero-order valence-corrected chi connectivity index (χ0v) is 12.4. The maximum atomic E-state index is 12.7. The average Bonchev–Trinajstić information content (AvgIpc) is 2.64. The standard InChI is InChI=1S/C14H22N2O2S/c1-12-6-5-10-16(11-9-12)19(17,18)14-8-4-3-7-13(14)15-2/h3-4,7-8,12,15H,5-6,9-11H2,1-2H3. The quantitative estimate of drug-likeness (QED) is 0.927. The van der Waals surface area contributed by atoms with Crippen molar-refractivity contribution in [1.82, 2.24) is 4.31 Å². The van der Waals surface area contributed by atoms with Crippen molar-refractivity contribution in [1.29, 1.82) is 0 Å². The van der Waals surface area contributed by atoms with Gasteiger partial charge in [0.25, 0.3) is 0 Å². The summed E-state index contributed by atoms with van der Waals surface area (Å²) in [5, 5.41) is 2.96. The number of para-hydroxylation sites is 1. The summed E-state index contributed by atoms with van der Waals surface area (Å²) in [5.41, 5.74) is 0.666. The highest BCUT2D eigenvalue weighted by atomic mass is 32.2. The largest absolute Gasteiger partial charge is 0.387 e. The Hall–Kier alpha value is -1.07. The molecule has 1 heterocycles. The van der Waals surface area contributed by atoms with Crippen LogP contribution >= 0.6 is 0 Å². The summed E-state index contributed by atoms with van der Waals surface area (Å²) < 4.78 is 27.1. The van der Waals surface area contributed by atoms with Crippen LogP contribution in [0.5, 0.6) is 0 Å². The Morgan fingerprint density at radius 1 is 1.21 bits per heavy atom. The summed E-state index contributed by atoms with van der Waals surface area (Å²) in [6.45, 7) is 3.45. The molecular weight excluding hydrogens is 260 g/mol. The third kappa shape index (κ3) is 3.09. The Morgan fingerprint density at radius 2 is 1.95 bits per heavy atom. The summed E-state index contributed by atoms with van der Waals surface area (Å²) in [7, 11) is -1.63. The molecule has 0 bridgehead atoms. The van der Waals surface area contributed by atoms with E-state index in [2.05, 4.69) is 12.2 Å². The van der Waals surface area contributed by atoms with Crippen LogP contribution in [0.1, 0.15) is 26.2 Å². The summed E-state index contributed by atoms with van der Waals surface area (Å²) >= 11 is 0. The van der Waals surface area contributed by atoms with E-state index in [1.165, 1.54) is 0 Å². The number of hydrogen-bond acceptors (Lipinski definition) is 3. The highest BCUT2D eigenvalue weighted by Gasteiger charge is 2.28. The van der Waals surface area contributed by atoms with Crippen LogP contribution in [0.3, 0.4) is 0 Å². The van der Waals surface area contributed by atoms with Gasteiger partial charge in [-0.25, -0.2) is 8.42 Å². The van der Waals surface area contributed by atoms with E-state index in [-0.39, 0.29) is 0 Å². The molecule has 1 aromatic carbocycles. The molecule has 0 amide bonds. The summed E-state index contributed by atoms with van der Waals surface area (Å²) in [4.78, 5) is 0.382. The van der Waals surface area contributed by atoms with E-state index in [1.54, 1.807) is 29.6 Å². The predicted molar refractivity (Wildman–Crippen MR) is 77.8 cm³/mol. The first-order valence-corrected chi connectivity index (χ1v) is 8.26. The van der Waals surface area contributed by atoms with Crippen molar-refractivity contribution < 1.29 is 8.42 Å². The summed E-state index contributed by atoms with van der Waals surface area (Å²) in [5.74, 6) is 0.611. The van der Waals surface area contributed by atoms with Crippen molar-refractivity contribution >= 4 is 15.7 Å². The van der Waals surface area contributed by atoms with E-state index < -0.39 is 10.0 Å². The maximum absolute atomic E-state index is 12.7. The predicted octanol–water partition coefficient (Wildman–Crippen LogP) is 2.54. The lowest BCUT2D eigenvalue weighted by Gasteiger charge is -2.21. The zero-order valence-electron chi connectivity index (χ0n) is 11.6.